The lowest BCUT2D eigenvalue weighted by Gasteiger charge is -2.34. The summed E-state index contributed by atoms with van der Waals surface area (Å²) in [7, 11) is 1.95. The van der Waals surface area contributed by atoms with Gasteiger partial charge in [0, 0.05) is 31.8 Å². The maximum absolute atomic E-state index is 11.9. The number of fused-ring (bicyclic) bond motifs is 1. The van der Waals surface area contributed by atoms with Crippen molar-refractivity contribution in [3.63, 3.8) is 0 Å². The zero-order chi connectivity index (χ0) is 20.0. The molecule has 1 N–H and O–H groups in total. The summed E-state index contributed by atoms with van der Waals surface area (Å²) >= 11 is -0.763. The first-order valence-electron chi connectivity index (χ1n) is 9.88. The third-order valence-corrected chi connectivity index (χ3v) is 6.85. The molecule has 29 heavy (non-hydrogen) atoms. The number of anilines is 1. The molecule has 3 aromatic heterocycles. The van der Waals surface area contributed by atoms with Crippen LogP contribution >= 0.6 is 0 Å². The van der Waals surface area contributed by atoms with Gasteiger partial charge in [0.05, 0.1) is 30.5 Å². The largest absolute Gasteiger partial charge is 0.616 e. The highest BCUT2D eigenvalue weighted by atomic mass is 32.2. The van der Waals surface area contributed by atoms with E-state index in [2.05, 4.69) is 34.2 Å². The molecule has 0 spiro atoms. The Balaban J connectivity index is 1.73. The third kappa shape index (κ3) is 3.33. The van der Waals surface area contributed by atoms with Gasteiger partial charge in [-0.1, -0.05) is 0 Å². The van der Waals surface area contributed by atoms with E-state index in [-0.39, 0.29) is 6.04 Å². The van der Waals surface area contributed by atoms with E-state index >= 15 is 0 Å². The molecule has 0 radical (unpaired) electrons. The van der Waals surface area contributed by atoms with Crippen LogP contribution in [0.3, 0.4) is 0 Å². The van der Waals surface area contributed by atoms with E-state index in [0.29, 0.717) is 24.7 Å². The number of allylic oxidation sites excluding steroid dienone is 1. The van der Waals surface area contributed by atoms with Gasteiger partial charge in [-0.05, 0) is 41.9 Å². The Hall–Kier alpha value is -2.36. The number of nitrogens with zero attached hydrogens (tertiary/aromatic N) is 5. The summed E-state index contributed by atoms with van der Waals surface area (Å²) in [6.45, 7) is 4.35. The number of ether oxygens (including phenoxy) is 1. The molecule has 0 aromatic carbocycles. The smallest absolute Gasteiger partial charge is 0.136 e. The molecule has 2 atom stereocenters. The van der Waals surface area contributed by atoms with E-state index in [0.717, 1.165) is 46.8 Å². The van der Waals surface area contributed by atoms with Crippen molar-refractivity contribution in [3.8, 4) is 11.4 Å². The molecular weight excluding hydrogens is 388 g/mol. The van der Waals surface area contributed by atoms with Crippen molar-refractivity contribution in [3.05, 3.63) is 30.0 Å². The van der Waals surface area contributed by atoms with Gasteiger partial charge in [0.1, 0.15) is 28.5 Å². The quantitative estimate of drug-likeness (QED) is 0.662. The van der Waals surface area contributed by atoms with Crippen LogP contribution in [0, 0.1) is 0 Å². The van der Waals surface area contributed by atoms with Gasteiger partial charge in [0.25, 0.3) is 0 Å². The molecule has 1 fully saturated rings. The van der Waals surface area contributed by atoms with Crippen LogP contribution in [0.5, 0.6) is 0 Å². The molecule has 9 heteroatoms. The fourth-order valence-corrected chi connectivity index (χ4v) is 5.14. The number of hydrogen-bond acceptors (Lipinski definition) is 6. The van der Waals surface area contributed by atoms with Crippen molar-refractivity contribution >= 4 is 33.6 Å². The van der Waals surface area contributed by atoms with E-state index in [1.807, 2.05) is 17.8 Å². The first-order chi connectivity index (χ1) is 14.1. The lowest BCUT2D eigenvalue weighted by molar-refractivity contribution is 0.0985. The predicted octanol–water partition coefficient (Wildman–Crippen LogP) is 2.12. The summed E-state index contributed by atoms with van der Waals surface area (Å²) in [4.78, 5) is 7.35. The molecule has 3 aromatic rings. The molecule has 0 aliphatic carbocycles. The number of aromatic amines is 1. The summed E-state index contributed by atoms with van der Waals surface area (Å²) in [5, 5.41) is 11.9. The molecule has 1 unspecified atom stereocenters. The van der Waals surface area contributed by atoms with E-state index in [1.165, 1.54) is 5.57 Å². The molecule has 5 heterocycles. The Morgan fingerprint density at radius 1 is 1.38 bits per heavy atom. The Morgan fingerprint density at radius 2 is 2.28 bits per heavy atom. The summed E-state index contributed by atoms with van der Waals surface area (Å²) in [5.41, 5.74) is 5.84. The fourth-order valence-electron chi connectivity index (χ4n) is 4.14. The number of hydrogen-bond donors (Lipinski definition) is 1. The van der Waals surface area contributed by atoms with Crippen LogP contribution in [0.1, 0.15) is 18.9 Å². The summed E-state index contributed by atoms with van der Waals surface area (Å²) in [5.74, 6) is 2.24. The minimum atomic E-state index is -0.763. The Labute approximate surface area is 172 Å². The minimum absolute atomic E-state index is 0.252. The fraction of sp³-hybridized carbons (Fsp3) is 0.450. The first kappa shape index (κ1) is 18.7. The number of aryl methyl sites for hydroxylation is 1. The van der Waals surface area contributed by atoms with Crippen molar-refractivity contribution in [2.24, 2.45) is 7.05 Å². The van der Waals surface area contributed by atoms with E-state index < -0.39 is 11.2 Å². The molecule has 0 bridgehead atoms. The van der Waals surface area contributed by atoms with Gasteiger partial charge in [-0.2, -0.15) is 10.2 Å². The highest BCUT2D eigenvalue weighted by molar-refractivity contribution is 7.91. The Kier molecular flexibility index (Phi) is 4.81. The van der Waals surface area contributed by atoms with Crippen LogP contribution in [0.15, 0.2) is 24.4 Å². The SMILES string of the molecule is C[C@@H]1COCCN1c1cc(C2=CC[S+]([O-])CC2)c2c(n1)c(-c1ccn[nH]1)nn2C. The second-order valence-electron chi connectivity index (χ2n) is 7.58. The van der Waals surface area contributed by atoms with Gasteiger partial charge in [-0.25, -0.2) is 4.98 Å². The number of aromatic nitrogens is 5. The summed E-state index contributed by atoms with van der Waals surface area (Å²) < 4.78 is 19.4. The molecule has 5 rings (SSSR count). The maximum atomic E-state index is 11.9. The monoisotopic (exact) mass is 412 g/mol. The van der Waals surface area contributed by atoms with Crippen molar-refractivity contribution in [1.29, 1.82) is 0 Å². The molecule has 2 aliphatic rings. The third-order valence-electron chi connectivity index (χ3n) is 5.66. The van der Waals surface area contributed by atoms with E-state index in [9.17, 15) is 4.55 Å². The maximum Gasteiger partial charge on any atom is 0.136 e. The molecule has 0 saturated carbocycles. The Morgan fingerprint density at radius 3 is 3.00 bits per heavy atom. The lowest BCUT2D eigenvalue weighted by atomic mass is 10.0. The van der Waals surface area contributed by atoms with Gasteiger partial charge >= 0.3 is 0 Å². The molecule has 152 valence electrons. The average molecular weight is 413 g/mol. The minimum Gasteiger partial charge on any atom is -0.616 e. The van der Waals surface area contributed by atoms with Crippen LogP contribution in [0.2, 0.25) is 0 Å². The number of H-pyrrole nitrogens is 1. The van der Waals surface area contributed by atoms with Gasteiger partial charge in [0.2, 0.25) is 0 Å². The topological polar surface area (TPSA) is 94.9 Å². The summed E-state index contributed by atoms with van der Waals surface area (Å²) in [6, 6.07) is 4.33. The lowest BCUT2D eigenvalue weighted by Crippen LogP contribution is -2.44. The standard InChI is InChI=1S/C20H24N6O2S/c1-13-12-28-8-7-26(13)17-11-15(14-4-9-29(27)10-5-14)20-19(22-17)18(24-25(20)2)16-3-6-21-23-16/h3-4,6,11,13H,5,7-10,12H2,1-2H3,(H,21,23)/t13-,29?/m1/s1. The van der Waals surface area contributed by atoms with Crippen LogP contribution in [0.4, 0.5) is 5.82 Å². The number of morpholine rings is 1. The molecule has 1 saturated heterocycles. The second kappa shape index (κ2) is 7.47. The molecule has 8 nitrogen and oxygen atoms in total. The second-order valence-corrected chi connectivity index (χ2v) is 9.20. The van der Waals surface area contributed by atoms with Crippen molar-refractivity contribution in [1.82, 2.24) is 25.0 Å². The molecular formula is C20H24N6O2S. The van der Waals surface area contributed by atoms with Crippen LogP contribution < -0.4 is 4.90 Å². The van der Waals surface area contributed by atoms with Crippen molar-refractivity contribution < 1.29 is 9.29 Å². The zero-order valence-corrected chi connectivity index (χ0v) is 17.4. The van der Waals surface area contributed by atoms with Gasteiger partial charge in [-0.15, -0.1) is 0 Å². The average Bonchev–Trinajstić information content (AvgIpc) is 3.37. The van der Waals surface area contributed by atoms with E-state index in [4.69, 9.17) is 14.8 Å². The van der Waals surface area contributed by atoms with Crippen molar-refractivity contribution in [2.75, 3.05) is 36.2 Å². The van der Waals surface area contributed by atoms with Gasteiger partial charge in [0.15, 0.2) is 0 Å². The molecule has 0 amide bonds. The zero-order valence-electron chi connectivity index (χ0n) is 16.6. The predicted molar refractivity (Wildman–Crippen MR) is 114 cm³/mol. The van der Waals surface area contributed by atoms with Crippen LogP contribution in [-0.4, -0.2) is 66.8 Å². The number of nitrogens with one attached hydrogen (secondary N) is 1. The van der Waals surface area contributed by atoms with Gasteiger partial charge in [-0.3, -0.25) is 9.78 Å². The first-order valence-corrected chi connectivity index (χ1v) is 11.4. The van der Waals surface area contributed by atoms with Gasteiger partial charge < -0.3 is 14.2 Å². The highest BCUT2D eigenvalue weighted by Crippen LogP contribution is 2.36. The normalized spacial score (nSPS) is 22.9. The van der Waals surface area contributed by atoms with Crippen LogP contribution in [0.25, 0.3) is 28.0 Å². The summed E-state index contributed by atoms with van der Waals surface area (Å²) in [6.07, 6.45) is 4.64. The van der Waals surface area contributed by atoms with E-state index in [1.54, 1.807) is 6.20 Å². The van der Waals surface area contributed by atoms with Crippen molar-refractivity contribution in [2.45, 2.75) is 19.4 Å². The highest BCUT2D eigenvalue weighted by Gasteiger charge is 2.26. The molecule has 2 aliphatic heterocycles. The number of rotatable bonds is 3. The van der Waals surface area contributed by atoms with Crippen LogP contribution in [-0.2, 0) is 23.0 Å². The number of pyridine rings is 1. The Bertz CT molecular complexity index is 1060.